The first-order valence-corrected chi connectivity index (χ1v) is 7.91. The average molecular weight is 269 g/mol. The van der Waals surface area contributed by atoms with E-state index in [1.807, 2.05) is 7.11 Å². The predicted octanol–water partition coefficient (Wildman–Crippen LogP) is 2.70. The second kappa shape index (κ2) is 6.55. The molecule has 2 fully saturated rings. The van der Waals surface area contributed by atoms with Crippen LogP contribution in [-0.4, -0.2) is 39.5 Å². The number of ether oxygens (including phenoxy) is 2. The minimum Gasteiger partial charge on any atom is -0.384 e. The van der Waals surface area contributed by atoms with Gasteiger partial charge in [-0.1, -0.05) is 20.8 Å². The van der Waals surface area contributed by atoms with E-state index in [1.54, 1.807) is 0 Å². The number of rotatable bonds is 8. The summed E-state index contributed by atoms with van der Waals surface area (Å²) in [6.45, 7) is 10.8. The van der Waals surface area contributed by atoms with Gasteiger partial charge in [0.15, 0.2) is 0 Å². The van der Waals surface area contributed by atoms with Gasteiger partial charge in [-0.3, -0.25) is 0 Å². The van der Waals surface area contributed by atoms with Crippen molar-refractivity contribution in [3.05, 3.63) is 0 Å². The molecular weight excluding hydrogens is 238 g/mol. The molecule has 0 radical (unpaired) electrons. The van der Waals surface area contributed by atoms with E-state index < -0.39 is 0 Å². The highest BCUT2D eigenvalue weighted by molar-refractivity contribution is 5.03. The number of hydrogen-bond donors (Lipinski definition) is 1. The van der Waals surface area contributed by atoms with Gasteiger partial charge in [0.05, 0.1) is 6.10 Å². The normalized spacial score (nSPS) is 33.0. The summed E-state index contributed by atoms with van der Waals surface area (Å²) in [7, 11) is 1.81. The Morgan fingerprint density at radius 1 is 1.32 bits per heavy atom. The summed E-state index contributed by atoms with van der Waals surface area (Å²) in [6, 6.07) is 0. The largest absolute Gasteiger partial charge is 0.384 e. The van der Waals surface area contributed by atoms with Crippen molar-refractivity contribution in [1.82, 2.24) is 5.32 Å². The zero-order valence-electron chi connectivity index (χ0n) is 13.1. The van der Waals surface area contributed by atoms with E-state index in [-0.39, 0.29) is 5.41 Å². The van der Waals surface area contributed by atoms with Crippen LogP contribution in [0.15, 0.2) is 0 Å². The third kappa shape index (κ3) is 3.50. The van der Waals surface area contributed by atoms with Crippen LogP contribution in [0.2, 0.25) is 0 Å². The van der Waals surface area contributed by atoms with Gasteiger partial charge in [0, 0.05) is 32.3 Å². The molecule has 3 nitrogen and oxygen atoms in total. The minimum atomic E-state index is 0.284. The van der Waals surface area contributed by atoms with E-state index in [2.05, 4.69) is 26.1 Å². The quantitative estimate of drug-likeness (QED) is 0.735. The van der Waals surface area contributed by atoms with Crippen LogP contribution in [0.3, 0.4) is 0 Å². The number of hydrogen-bond acceptors (Lipinski definition) is 3. The Labute approximate surface area is 118 Å². The summed E-state index contributed by atoms with van der Waals surface area (Å²) in [4.78, 5) is 0. The first kappa shape index (κ1) is 15.3. The van der Waals surface area contributed by atoms with Crippen LogP contribution < -0.4 is 5.32 Å². The van der Waals surface area contributed by atoms with Gasteiger partial charge in [0.2, 0.25) is 0 Å². The molecule has 0 aromatic rings. The Balaban J connectivity index is 2.02. The SMILES string of the molecule is COCC(C)C1(CNCC(C)C)CCOC1C1CC1. The Bertz CT molecular complexity index is 278. The molecule has 0 aromatic carbocycles. The maximum Gasteiger partial charge on any atom is 0.0675 e. The molecule has 0 aromatic heterocycles. The molecule has 1 aliphatic carbocycles. The summed E-state index contributed by atoms with van der Waals surface area (Å²) in [5.41, 5.74) is 0.284. The van der Waals surface area contributed by atoms with Crippen LogP contribution in [0.4, 0.5) is 0 Å². The zero-order valence-corrected chi connectivity index (χ0v) is 13.1. The second-order valence-corrected chi connectivity index (χ2v) is 6.99. The fourth-order valence-corrected chi connectivity index (χ4v) is 3.59. The van der Waals surface area contributed by atoms with Gasteiger partial charge in [-0.05, 0) is 43.6 Å². The molecule has 1 N–H and O–H groups in total. The zero-order chi connectivity index (χ0) is 13.9. The number of nitrogens with one attached hydrogen (secondary N) is 1. The summed E-state index contributed by atoms with van der Waals surface area (Å²) >= 11 is 0. The van der Waals surface area contributed by atoms with Gasteiger partial charge in [0.1, 0.15) is 0 Å². The van der Waals surface area contributed by atoms with Crippen LogP contribution in [0, 0.1) is 23.2 Å². The van der Waals surface area contributed by atoms with Gasteiger partial charge in [-0.25, -0.2) is 0 Å². The first-order chi connectivity index (χ1) is 9.10. The van der Waals surface area contributed by atoms with Gasteiger partial charge >= 0.3 is 0 Å². The molecule has 0 spiro atoms. The lowest BCUT2D eigenvalue weighted by Crippen LogP contribution is -2.48. The molecule has 2 aliphatic rings. The maximum absolute atomic E-state index is 6.12. The van der Waals surface area contributed by atoms with Crippen molar-refractivity contribution in [3.8, 4) is 0 Å². The fraction of sp³-hybridized carbons (Fsp3) is 1.00. The molecule has 0 bridgehead atoms. The van der Waals surface area contributed by atoms with Crippen LogP contribution in [-0.2, 0) is 9.47 Å². The molecule has 1 aliphatic heterocycles. The lowest BCUT2D eigenvalue weighted by Gasteiger charge is -2.40. The van der Waals surface area contributed by atoms with Crippen molar-refractivity contribution < 1.29 is 9.47 Å². The van der Waals surface area contributed by atoms with Crippen LogP contribution >= 0.6 is 0 Å². The highest BCUT2D eigenvalue weighted by Gasteiger charge is 2.53. The van der Waals surface area contributed by atoms with E-state index in [0.29, 0.717) is 17.9 Å². The van der Waals surface area contributed by atoms with Gasteiger partial charge < -0.3 is 14.8 Å². The van der Waals surface area contributed by atoms with E-state index in [0.717, 1.165) is 32.2 Å². The van der Waals surface area contributed by atoms with E-state index >= 15 is 0 Å². The third-order valence-corrected chi connectivity index (χ3v) is 4.89. The summed E-state index contributed by atoms with van der Waals surface area (Å²) in [5, 5.41) is 3.68. The van der Waals surface area contributed by atoms with Crippen LogP contribution in [0.5, 0.6) is 0 Å². The number of methoxy groups -OCH3 is 1. The lowest BCUT2D eigenvalue weighted by atomic mass is 9.69. The van der Waals surface area contributed by atoms with Gasteiger partial charge in [-0.15, -0.1) is 0 Å². The van der Waals surface area contributed by atoms with Crippen molar-refractivity contribution in [1.29, 1.82) is 0 Å². The molecule has 0 amide bonds. The Hall–Kier alpha value is -0.120. The molecule has 1 saturated heterocycles. The molecular formula is C16H31NO2. The van der Waals surface area contributed by atoms with Crippen molar-refractivity contribution in [2.75, 3.05) is 33.4 Å². The van der Waals surface area contributed by atoms with Crippen molar-refractivity contribution in [3.63, 3.8) is 0 Å². The molecule has 2 rings (SSSR count). The predicted molar refractivity (Wildman–Crippen MR) is 78.3 cm³/mol. The van der Waals surface area contributed by atoms with Crippen molar-refractivity contribution in [2.24, 2.45) is 23.2 Å². The van der Waals surface area contributed by atoms with E-state index in [4.69, 9.17) is 9.47 Å². The van der Waals surface area contributed by atoms with Crippen LogP contribution in [0.25, 0.3) is 0 Å². The topological polar surface area (TPSA) is 30.5 Å². The van der Waals surface area contributed by atoms with E-state index in [9.17, 15) is 0 Å². The van der Waals surface area contributed by atoms with E-state index in [1.165, 1.54) is 19.3 Å². The average Bonchev–Trinajstić information content (AvgIpc) is 3.10. The fourth-order valence-electron chi connectivity index (χ4n) is 3.59. The summed E-state index contributed by atoms with van der Waals surface area (Å²) in [6.07, 6.45) is 4.36. The molecule has 1 heterocycles. The smallest absolute Gasteiger partial charge is 0.0675 e. The van der Waals surface area contributed by atoms with Crippen molar-refractivity contribution >= 4 is 0 Å². The summed E-state index contributed by atoms with van der Waals surface area (Å²) in [5.74, 6) is 2.07. The molecule has 112 valence electrons. The highest BCUT2D eigenvalue weighted by atomic mass is 16.5. The highest BCUT2D eigenvalue weighted by Crippen LogP contribution is 2.51. The van der Waals surface area contributed by atoms with Crippen LogP contribution in [0.1, 0.15) is 40.0 Å². The minimum absolute atomic E-state index is 0.284. The standard InChI is InChI=1S/C16H31NO2/c1-12(2)9-17-11-16(13(3)10-18-4)7-8-19-15(16)14-5-6-14/h12-15,17H,5-11H2,1-4H3. The molecule has 3 atom stereocenters. The van der Waals surface area contributed by atoms with Gasteiger partial charge in [0.25, 0.3) is 0 Å². The monoisotopic (exact) mass is 269 g/mol. The Kier molecular flexibility index (Phi) is 5.27. The van der Waals surface area contributed by atoms with Gasteiger partial charge in [-0.2, -0.15) is 0 Å². The summed E-state index contributed by atoms with van der Waals surface area (Å²) < 4.78 is 11.6. The molecule has 19 heavy (non-hydrogen) atoms. The molecule has 3 heteroatoms. The Morgan fingerprint density at radius 3 is 2.63 bits per heavy atom. The third-order valence-electron chi connectivity index (χ3n) is 4.89. The second-order valence-electron chi connectivity index (χ2n) is 6.99. The van der Waals surface area contributed by atoms with Crippen molar-refractivity contribution in [2.45, 2.75) is 46.1 Å². The Morgan fingerprint density at radius 2 is 2.05 bits per heavy atom. The maximum atomic E-state index is 6.12. The molecule has 1 saturated carbocycles. The molecule has 3 unspecified atom stereocenters. The first-order valence-electron chi connectivity index (χ1n) is 7.91. The lowest BCUT2D eigenvalue weighted by molar-refractivity contribution is -0.0182.